The average Bonchev–Trinajstić information content (AvgIpc) is 2.69. The van der Waals surface area contributed by atoms with E-state index < -0.39 is 0 Å². The molecule has 7 nitrogen and oxygen atoms in total. The second kappa shape index (κ2) is 9.79. The van der Waals surface area contributed by atoms with Gasteiger partial charge in [0.15, 0.2) is 5.82 Å². The monoisotopic (exact) mass is 506 g/mol. The number of aromatic nitrogens is 4. The summed E-state index contributed by atoms with van der Waals surface area (Å²) in [4.78, 5) is 28.0. The molecule has 28 heavy (non-hydrogen) atoms. The van der Waals surface area contributed by atoms with Crippen LogP contribution in [-0.2, 0) is 6.42 Å². The first-order valence-electron chi connectivity index (χ1n) is 8.80. The number of nitrogens with zero attached hydrogens (tertiary/aromatic N) is 4. The smallest absolute Gasteiger partial charge is 0.255 e. The van der Waals surface area contributed by atoms with Gasteiger partial charge in [-0.05, 0) is 53.0 Å². The molecule has 0 fully saturated rings. The summed E-state index contributed by atoms with van der Waals surface area (Å²) in [6.45, 7) is 3.34. The quantitative estimate of drug-likeness (QED) is 0.356. The molecule has 0 aromatic carbocycles. The molecule has 0 spiro atoms. The highest BCUT2D eigenvalue weighted by Crippen LogP contribution is 2.25. The third kappa shape index (κ3) is 5.62. The predicted molar refractivity (Wildman–Crippen MR) is 118 cm³/mol. The highest BCUT2D eigenvalue weighted by molar-refractivity contribution is 9.11. The largest absolute Gasteiger partial charge is 0.356 e. The molecule has 0 aliphatic carbocycles. The molecule has 0 saturated heterocycles. The van der Waals surface area contributed by atoms with Crippen LogP contribution in [0.1, 0.15) is 23.2 Å². The Morgan fingerprint density at radius 1 is 1.18 bits per heavy atom. The number of rotatable bonds is 8. The molecule has 0 atom stereocenters. The van der Waals surface area contributed by atoms with Crippen molar-refractivity contribution in [3.05, 3.63) is 74.5 Å². The fourth-order valence-corrected chi connectivity index (χ4v) is 3.79. The van der Waals surface area contributed by atoms with Crippen molar-refractivity contribution < 1.29 is 0 Å². The zero-order valence-electron chi connectivity index (χ0n) is 15.3. The number of halogens is 2. The highest BCUT2D eigenvalue weighted by Gasteiger charge is 2.08. The van der Waals surface area contributed by atoms with Gasteiger partial charge >= 0.3 is 0 Å². The van der Waals surface area contributed by atoms with Gasteiger partial charge in [0.05, 0.1) is 20.6 Å². The number of nitrogens with one attached hydrogen (secondary N) is 2. The predicted octanol–water partition coefficient (Wildman–Crippen LogP) is 3.84. The van der Waals surface area contributed by atoms with Gasteiger partial charge in [-0.25, -0.2) is 9.97 Å². The van der Waals surface area contributed by atoms with Gasteiger partial charge in [-0.2, -0.15) is 0 Å². The topological polar surface area (TPSA) is 86.8 Å². The normalized spacial score (nSPS) is 10.7. The number of hydrogen-bond donors (Lipinski definition) is 2. The van der Waals surface area contributed by atoms with Crippen LogP contribution < -0.4 is 14.8 Å². The van der Waals surface area contributed by atoms with Crippen LogP contribution in [0, 0.1) is 6.92 Å². The van der Waals surface area contributed by atoms with Crippen LogP contribution in [0.25, 0.3) is 0 Å². The van der Waals surface area contributed by atoms with Crippen molar-refractivity contribution in [3.63, 3.8) is 0 Å². The molecule has 3 aromatic heterocycles. The van der Waals surface area contributed by atoms with E-state index in [0.717, 1.165) is 34.5 Å². The number of anilines is 2. The summed E-state index contributed by atoms with van der Waals surface area (Å²) < 4.78 is 2.82. The summed E-state index contributed by atoms with van der Waals surface area (Å²) in [5.41, 5.74) is 2.41. The van der Waals surface area contributed by atoms with Gasteiger partial charge < -0.3 is 5.32 Å². The molecule has 3 aromatic rings. The standard InChI is InChI=1S/C19H20Br2N6O/c1-13-5-6-14(11-24-13)10-15-12-25-19(26-18(15)28)23-8-3-9-27(21)17-16(20)4-2-7-22-17/h2,4-7,11-12H,3,8-10H2,1H3,(H2,23,25,26,28). The van der Waals surface area contributed by atoms with Crippen molar-refractivity contribution in [1.82, 2.24) is 19.9 Å². The van der Waals surface area contributed by atoms with E-state index in [-0.39, 0.29) is 5.56 Å². The first kappa shape index (κ1) is 20.5. The maximum atomic E-state index is 12.3. The van der Waals surface area contributed by atoms with Gasteiger partial charge in [-0.3, -0.25) is 18.7 Å². The number of aromatic amines is 1. The molecular weight excluding hydrogens is 488 g/mol. The maximum Gasteiger partial charge on any atom is 0.255 e. The molecule has 3 rings (SSSR count). The number of aryl methyl sites for hydroxylation is 1. The molecule has 0 amide bonds. The van der Waals surface area contributed by atoms with Gasteiger partial charge in [0, 0.05) is 49.4 Å². The van der Waals surface area contributed by atoms with Crippen LogP contribution in [0.2, 0.25) is 0 Å². The Kier molecular flexibility index (Phi) is 7.16. The Balaban J connectivity index is 1.50. The van der Waals surface area contributed by atoms with E-state index >= 15 is 0 Å². The van der Waals surface area contributed by atoms with Crippen LogP contribution in [0.4, 0.5) is 11.8 Å². The molecule has 9 heteroatoms. The lowest BCUT2D eigenvalue weighted by molar-refractivity contribution is 0.857. The third-order valence-corrected chi connectivity index (χ3v) is 5.34. The minimum atomic E-state index is -0.141. The van der Waals surface area contributed by atoms with Crippen LogP contribution in [0.3, 0.4) is 0 Å². The molecule has 0 unspecified atom stereocenters. The summed E-state index contributed by atoms with van der Waals surface area (Å²) in [5.74, 6) is 1.29. The van der Waals surface area contributed by atoms with Gasteiger partial charge in [0.2, 0.25) is 5.95 Å². The average molecular weight is 508 g/mol. The minimum absolute atomic E-state index is 0.141. The zero-order chi connectivity index (χ0) is 19.9. The van der Waals surface area contributed by atoms with E-state index in [0.29, 0.717) is 24.5 Å². The van der Waals surface area contributed by atoms with Crippen LogP contribution in [0.5, 0.6) is 0 Å². The van der Waals surface area contributed by atoms with E-state index in [4.69, 9.17) is 0 Å². The molecule has 0 aliphatic heterocycles. The lowest BCUT2D eigenvalue weighted by atomic mass is 10.1. The number of hydrogen-bond acceptors (Lipinski definition) is 6. The lowest BCUT2D eigenvalue weighted by Gasteiger charge is -2.16. The van der Waals surface area contributed by atoms with Gasteiger partial charge in [-0.1, -0.05) is 6.07 Å². The Labute approximate surface area is 180 Å². The van der Waals surface area contributed by atoms with E-state index in [9.17, 15) is 4.79 Å². The fraction of sp³-hybridized carbons (Fsp3) is 0.263. The van der Waals surface area contributed by atoms with Crippen molar-refractivity contribution >= 4 is 43.8 Å². The van der Waals surface area contributed by atoms with Gasteiger partial charge in [0.1, 0.15) is 0 Å². The van der Waals surface area contributed by atoms with E-state index in [1.807, 2.05) is 35.1 Å². The second-order valence-corrected chi connectivity index (χ2v) is 7.96. The van der Waals surface area contributed by atoms with Crippen molar-refractivity contribution in [2.75, 3.05) is 22.3 Å². The summed E-state index contributed by atoms with van der Waals surface area (Å²) >= 11 is 7.00. The Morgan fingerprint density at radius 2 is 2.04 bits per heavy atom. The van der Waals surface area contributed by atoms with E-state index in [1.54, 1.807) is 18.6 Å². The van der Waals surface area contributed by atoms with Crippen molar-refractivity contribution in [2.45, 2.75) is 19.8 Å². The molecule has 2 N–H and O–H groups in total. The van der Waals surface area contributed by atoms with Crippen LogP contribution in [0.15, 0.2) is 52.1 Å². The molecule has 146 valence electrons. The zero-order valence-corrected chi connectivity index (χ0v) is 18.5. The Hall–Kier alpha value is -2.26. The van der Waals surface area contributed by atoms with Crippen LogP contribution in [-0.4, -0.2) is 33.0 Å². The molecular formula is C19H20Br2N6O. The molecule has 3 heterocycles. The number of H-pyrrole nitrogens is 1. The summed E-state index contributed by atoms with van der Waals surface area (Å²) in [7, 11) is 0. The lowest BCUT2D eigenvalue weighted by Crippen LogP contribution is -2.20. The number of pyridine rings is 2. The Morgan fingerprint density at radius 3 is 2.75 bits per heavy atom. The van der Waals surface area contributed by atoms with E-state index in [1.165, 1.54) is 0 Å². The SMILES string of the molecule is Cc1ccc(Cc2cnc(NCCCN(Br)c3ncccc3Br)[nH]c2=O)cn1. The summed E-state index contributed by atoms with van der Waals surface area (Å²) in [6.07, 6.45) is 6.48. The van der Waals surface area contributed by atoms with Gasteiger partial charge in [0.25, 0.3) is 5.56 Å². The van der Waals surface area contributed by atoms with Crippen molar-refractivity contribution in [2.24, 2.45) is 0 Å². The maximum absolute atomic E-state index is 12.3. The molecule has 0 saturated carbocycles. The third-order valence-electron chi connectivity index (χ3n) is 4.03. The molecule has 0 radical (unpaired) electrons. The van der Waals surface area contributed by atoms with Crippen LogP contribution >= 0.6 is 32.1 Å². The molecule has 0 bridgehead atoms. The van der Waals surface area contributed by atoms with Gasteiger partial charge in [-0.15, -0.1) is 0 Å². The van der Waals surface area contributed by atoms with E-state index in [2.05, 4.69) is 57.3 Å². The van der Waals surface area contributed by atoms with Crippen molar-refractivity contribution in [1.29, 1.82) is 0 Å². The highest BCUT2D eigenvalue weighted by atomic mass is 79.9. The summed E-state index contributed by atoms with van der Waals surface area (Å²) in [6, 6.07) is 7.72. The Bertz CT molecular complexity index is 977. The summed E-state index contributed by atoms with van der Waals surface area (Å²) in [5, 5.41) is 3.15. The van der Waals surface area contributed by atoms with Crippen molar-refractivity contribution in [3.8, 4) is 0 Å². The first-order chi connectivity index (χ1) is 13.5. The second-order valence-electron chi connectivity index (χ2n) is 6.25. The molecule has 0 aliphatic rings. The fourth-order valence-electron chi connectivity index (χ4n) is 2.55. The first-order valence-corrected chi connectivity index (χ1v) is 10.3. The minimum Gasteiger partial charge on any atom is -0.356 e.